The zero-order valence-corrected chi connectivity index (χ0v) is 14.8. The molecule has 2 aliphatic heterocycles. The zero-order chi connectivity index (χ0) is 18.0. The molecule has 2 aromatic heterocycles. The SMILES string of the molecule is OC1(c2ccccn2)CCOC2(CCN(Cc3ccncc3F)CC2)C1. The molecule has 1 spiro atoms. The van der Waals surface area contributed by atoms with Gasteiger partial charge in [-0.25, -0.2) is 4.39 Å². The summed E-state index contributed by atoms with van der Waals surface area (Å²) < 4.78 is 20.0. The first kappa shape index (κ1) is 17.5. The molecule has 26 heavy (non-hydrogen) atoms. The molecule has 0 saturated carbocycles. The lowest BCUT2D eigenvalue weighted by atomic mass is 9.75. The highest BCUT2D eigenvalue weighted by Gasteiger charge is 2.47. The molecule has 0 radical (unpaired) electrons. The van der Waals surface area contributed by atoms with Gasteiger partial charge in [-0.2, -0.15) is 0 Å². The van der Waals surface area contributed by atoms with Crippen molar-refractivity contribution in [3.63, 3.8) is 0 Å². The number of nitrogens with zero attached hydrogens (tertiary/aromatic N) is 3. The first-order valence-electron chi connectivity index (χ1n) is 9.17. The minimum Gasteiger partial charge on any atom is -0.383 e. The van der Waals surface area contributed by atoms with Gasteiger partial charge in [-0.05, 0) is 31.0 Å². The van der Waals surface area contributed by atoms with Crippen molar-refractivity contribution in [1.29, 1.82) is 0 Å². The molecule has 1 unspecified atom stereocenters. The molecule has 1 N–H and O–H groups in total. The first-order chi connectivity index (χ1) is 12.6. The highest BCUT2D eigenvalue weighted by molar-refractivity contribution is 5.16. The minimum absolute atomic E-state index is 0.258. The van der Waals surface area contributed by atoms with E-state index in [2.05, 4.69) is 14.9 Å². The highest BCUT2D eigenvalue weighted by atomic mass is 19.1. The lowest BCUT2D eigenvalue weighted by Crippen LogP contribution is -2.53. The fourth-order valence-corrected chi connectivity index (χ4v) is 4.18. The standard InChI is InChI=1S/C20H24FN3O2/c21-17-13-22-9-4-16(17)14-24-10-5-19(6-11-24)15-20(25,7-12-26-19)18-3-1-2-8-23-18/h1-4,8-9,13,25H,5-7,10-12,14-15H2. The number of hydrogen-bond acceptors (Lipinski definition) is 5. The van der Waals surface area contributed by atoms with Gasteiger partial charge in [0.05, 0.1) is 24.1 Å². The van der Waals surface area contributed by atoms with E-state index in [0.717, 1.165) is 31.6 Å². The Labute approximate surface area is 152 Å². The smallest absolute Gasteiger partial charge is 0.145 e. The van der Waals surface area contributed by atoms with Gasteiger partial charge in [0.1, 0.15) is 11.4 Å². The third-order valence-corrected chi connectivity index (χ3v) is 5.70. The Morgan fingerprint density at radius 2 is 2.00 bits per heavy atom. The van der Waals surface area contributed by atoms with Gasteiger partial charge in [0.15, 0.2) is 0 Å². The quantitative estimate of drug-likeness (QED) is 0.915. The Balaban J connectivity index is 1.42. The summed E-state index contributed by atoms with van der Waals surface area (Å²) in [5.41, 5.74) is 0.144. The van der Waals surface area contributed by atoms with E-state index in [1.807, 2.05) is 18.2 Å². The predicted octanol–water partition coefficient (Wildman–Crippen LogP) is 2.65. The molecule has 4 heterocycles. The molecule has 4 rings (SSSR count). The highest BCUT2D eigenvalue weighted by Crippen LogP contribution is 2.43. The summed E-state index contributed by atoms with van der Waals surface area (Å²) in [5.74, 6) is -0.258. The second-order valence-corrected chi connectivity index (χ2v) is 7.45. The maximum atomic E-state index is 13.8. The van der Waals surface area contributed by atoms with Gasteiger partial charge in [-0.1, -0.05) is 6.07 Å². The molecule has 0 bridgehead atoms. The van der Waals surface area contributed by atoms with Crippen LogP contribution in [0.3, 0.4) is 0 Å². The Morgan fingerprint density at radius 1 is 1.15 bits per heavy atom. The number of aliphatic hydroxyl groups is 1. The van der Waals surface area contributed by atoms with E-state index in [9.17, 15) is 9.50 Å². The Hall–Kier alpha value is -1.89. The average Bonchev–Trinajstić information content (AvgIpc) is 2.66. The number of ether oxygens (including phenoxy) is 1. The molecule has 2 fully saturated rings. The van der Waals surface area contributed by atoms with Crippen LogP contribution in [0.15, 0.2) is 42.9 Å². The van der Waals surface area contributed by atoms with Crippen LogP contribution in [0.2, 0.25) is 0 Å². The molecule has 6 heteroatoms. The normalized spacial score (nSPS) is 26.1. The summed E-state index contributed by atoms with van der Waals surface area (Å²) >= 11 is 0. The number of likely N-dealkylation sites (tertiary alicyclic amines) is 1. The summed E-state index contributed by atoms with van der Waals surface area (Å²) in [6.07, 6.45) is 7.40. The maximum Gasteiger partial charge on any atom is 0.145 e. The van der Waals surface area contributed by atoms with Gasteiger partial charge < -0.3 is 9.84 Å². The van der Waals surface area contributed by atoms with Crippen LogP contribution >= 0.6 is 0 Å². The van der Waals surface area contributed by atoms with E-state index in [-0.39, 0.29) is 11.4 Å². The molecular formula is C20H24FN3O2. The van der Waals surface area contributed by atoms with E-state index in [1.165, 1.54) is 6.20 Å². The molecule has 1 atom stereocenters. The second kappa shape index (κ2) is 7.02. The van der Waals surface area contributed by atoms with Gasteiger partial charge in [0, 0.05) is 50.4 Å². The largest absolute Gasteiger partial charge is 0.383 e. The van der Waals surface area contributed by atoms with Crippen molar-refractivity contribution >= 4 is 0 Å². The third kappa shape index (κ3) is 3.49. The lowest BCUT2D eigenvalue weighted by molar-refractivity contribution is -0.183. The van der Waals surface area contributed by atoms with E-state index in [1.54, 1.807) is 18.5 Å². The van der Waals surface area contributed by atoms with Gasteiger partial charge in [-0.3, -0.25) is 14.9 Å². The third-order valence-electron chi connectivity index (χ3n) is 5.70. The number of piperidine rings is 1. The van der Waals surface area contributed by atoms with Crippen molar-refractivity contribution in [3.8, 4) is 0 Å². The summed E-state index contributed by atoms with van der Waals surface area (Å²) in [7, 11) is 0. The van der Waals surface area contributed by atoms with Crippen LogP contribution in [0.4, 0.5) is 4.39 Å². The van der Waals surface area contributed by atoms with Crippen LogP contribution < -0.4 is 0 Å². The first-order valence-corrected chi connectivity index (χ1v) is 9.17. The number of halogens is 1. The molecule has 138 valence electrons. The van der Waals surface area contributed by atoms with Crippen molar-refractivity contribution in [3.05, 3.63) is 59.9 Å². The van der Waals surface area contributed by atoms with Crippen LogP contribution in [0.1, 0.15) is 36.9 Å². The lowest BCUT2D eigenvalue weighted by Gasteiger charge is -2.49. The monoisotopic (exact) mass is 357 g/mol. The Bertz CT molecular complexity index is 750. The molecule has 5 nitrogen and oxygen atoms in total. The fourth-order valence-electron chi connectivity index (χ4n) is 4.18. The maximum absolute atomic E-state index is 13.8. The van der Waals surface area contributed by atoms with E-state index in [4.69, 9.17) is 4.74 Å². The van der Waals surface area contributed by atoms with Gasteiger partial charge >= 0.3 is 0 Å². The van der Waals surface area contributed by atoms with E-state index in [0.29, 0.717) is 31.6 Å². The van der Waals surface area contributed by atoms with Crippen molar-refractivity contribution < 1.29 is 14.2 Å². The summed E-state index contributed by atoms with van der Waals surface area (Å²) in [4.78, 5) is 10.4. The number of aromatic nitrogens is 2. The summed E-state index contributed by atoms with van der Waals surface area (Å²) in [6, 6.07) is 7.39. The minimum atomic E-state index is -0.932. The van der Waals surface area contributed by atoms with Gasteiger partial charge in [-0.15, -0.1) is 0 Å². The second-order valence-electron chi connectivity index (χ2n) is 7.45. The van der Waals surface area contributed by atoms with Crippen molar-refractivity contribution in [2.24, 2.45) is 0 Å². The summed E-state index contributed by atoms with van der Waals surface area (Å²) in [6.45, 7) is 2.75. The van der Waals surface area contributed by atoms with Gasteiger partial charge in [0.25, 0.3) is 0 Å². The molecule has 0 amide bonds. The van der Waals surface area contributed by atoms with E-state index < -0.39 is 5.60 Å². The van der Waals surface area contributed by atoms with Crippen LogP contribution in [0, 0.1) is 5.82 Å². The molecule has 2 aliphatic rings. The topological polar surface area (TPSA) is 58.5 Å². The Morgan fingerprint density at radius 3 is 2.73 bits per heavy atom. The summed E-state index contributed by atoms with van der Waals surface area (Å²) in [5, 5.41) is 11.2. The zero-order valence-electron chi connectivity index (χ0n) is 14.8. The molecule has 2 saturated heterocycles. The fraction of sp³-hybridized carbons (Fsp3) is 0.500. The number of rotatable bonds is 3. The van der Waals surface area contributed by atoms with Crippen molar-refractivity contribution in [2.45, 2.75) is 43.4 Å². The van der Waals surface area contributed by atoms with E-state index >= 15 is 0 Å². The van der Waals surface area contributed by atoms with Gasteiger partial charge in [0.2, 0.25) is 0 Å². The number of hydrogen-bond donors (Lipinski definition) is 1. The number of pyridine rings is 2. The van der Waals surface area contributed by atoms with Crippen LogP contribution in [0.5, 0.6) is 0 Å². The molecule has 2 aromatic rings. The van der Waals surface area contributed by atoms with Crippen molar-refractivity contribution in [1.82, 2.24) is 14.9 Å². The predicted molar refractivity (Wildman–Crippen MR) is 94.8 cm³/mol. The molecule has 0 aromatic carbocycles. The molecule has 0 aliphatic carbocycles. The molecular weight excluding hydrogens is 333 g/mol. The van der Waals surface area contributed by atoms with Crippen molar-refractivity contribution in [2.75, 3.05) is 19.7 Å². The Kier molecular flexibility index (Phi) is 4.73. The van der Waals surface area contributed by atoms with Crippen LogP contribution in [-0.4, -0.2) is 45.3 Å². The van der Waals surface area contributed by atoms with Crippen LogP contribution in [-0.2, 0) is 16.9 Å². The van der Waals surface area contributed by atoms with Crippen LogP contribution in [0.25, 0.3) is 0 Å². The average molecular weight is 357 g/mol.